The number of hydrogen-bond donors (Lipinski definition) is 2. The van der Waals surface area contributed by atoms with Gasteiger partial charge in [0.05, 0.1) is 11.8 Å². The first-order valence-electron chi connectivity index (χ1n) is 7.16. The number of thioether (sulfide) groups is 1. The Morgan fingerprint density at radius 3 is 2.95 bits per heavy atom. The molecule has 1 fully saturated rings. The standard InChI is InChI=1S/C15H21ClN2O2S/c1-10(2)21-14-6-5-11(16)8-13(14)17-15(20)18-7-3-4-12(19)9-18/h5-6,8,10,12,19H,3-4,7,9H2,1-2H3,(H,17,20). The van der Waals surface area contributed by atoms with Gasteiger partial charge in [-0.1, -0.05) is 25.4 Å². The Bertz CT molecular complexity index is 510. The van der Waals surface area contributed by atoms with Gasteiger partial charge < -0.3 is 15.3 Å². The molecule has 0 bridgehead atoms. The Morgan fingerprint density at radius 1 is 1.52 bits per heavy atom. The number of likely N-dealkylation sites (tertiary alicyclic amines) is 1. The number of benzene rings is 1. The predicted octanol–water partition coefficient (Wildman–Crippen LogP) is 3.83. The number of hydrogen-bond acceptors (Lipinski definition) is 3. The van der Waals surface area contributed by atoms with E-state index < -0.39 is 6.10 Å². The number of aliphatic hydroxyl groups excluding tert-OH is 1. The molecule has 0 saturated carbocycles. The zero-order valence-electron chi connectivity index (χ0n) is 12.3. The number of β-amino-alcohol motifs (C(OH)–C–C–N with tert-alkyl or cyclic N) is 1. The fraction of sp³-hybridized carbons (Fsp3) is 0.533. The maximum Gasteiger partial charge on any atom is 0.321 e. The van der Waals surface area contributed by atoms with Crippen LogP contribution < -0.4 is 5.32 Å². The van der Waals surface area contributed by atoms with Crippen LogP contribution >= 0.6 is 23.4 Å². The first-order valence-corrected chi connectivity index (χ1v) is 8.41. The fourth-order valence-corrected chi connectivity index (χ4v) is 3.35. The highest BCUT2D eigenvalue weighted by atomic mass is 35.5. The molecule has 21 heavy (non-hydrogen) atoms. The first-order chi connectivity index (χ1) is 9.95. The van der Waals surface area contributed by atoms with Crippen molar-refractivity contribution in [1.82, 2.24) is 4.90 Å². The van der Waals surface area contributed by atoms with E-state index >= 15 is 0 Å². The Hall–Kier alpha value is -0.910. The van der Waals surface area contributed by atoms with Crippen LogP contribution in [0.3, 0.4) is 0 Å². The topological polar surface area (TPSA) is 52.6 Å². The third kappa shape index (κ3) is 4.80. The van der Waals surface area contributed by atoms with Crippen molar-refractivity contribution in [2.45, 2.75) is 42.9 Å². The van der Waals surface area contributed by atoms with Crippen molar-refractivity contribution in [1.29, 1.82) is 0 Å². The van der Waals surface area contributed by atoms with Gasteiger partial charge >= 0.3 is 6.03 Å². The molecule has 4 nitrogen and oxygen atoms in total. The Balaban J connectivity index is 2.10. The summed E-state index contributed by atoms with van der Waals surface area (Å²) in [6.45, 7) is 5.27. The molecule has 6 heteroatoms. The van der Waals surface area contributed by atoms with E-state index in [4.69, 9.17) is 11.6 Å². The van der Waals surface area contributed by atoms with Gasteiger partial charge in [-0.15, -0.1) is 11.8 Å². The van der Waals surface area contributed by atoms with Gasteiger partial charge in [0.25, 0.3) is 0 Å². The molecule has 1 atom stereocenters. The van der Waals surface area contributed by atoms with E-state index in [0.29, 0.717) is 23.4 Å². The molecule has 116 valence electrons. The molecule has 1 heterocycles. The van der Waals surface area contributed by atoms with Crippen LogP contribution in [0.15, 0.2) is 23.1 Å². The lowest BCUT2D eigenvalue weighted by Gasteiger charge is -2.30. The van der Waals surface area contributed by atoms with Gasteiger partial charge in [-0.3, -0.25) is 0 Å². The fourth-order valence-electron chi connectivity index (χ4n) is 2.29. The van der Waals surface area contributed by atoms with Crippen LogP contribution in [0.1, 0.15) is 26.7 Å². The number of halogens is 1. The normalized spacial score (nSPS) is 18.9. The van der Waals surface area contributed by atoms with Gasteiger partial charge in [0, 0.05) is 28.3 Å². The molecule has 0 spiro atoms. The summed E-state index contributed by atoms with van der Waals surface area (Å²) in [5.74, 6) is 0. The average Bonchev–Trinajstić information content (AvgIpc) is 2.41. The number of carbonyl (C=O) groups is 1. The molecule has 0 aromatic heterocycles. The summed E-state index contributed by atoms with van der Waals surface area (Å²) in [5.41, 5.74) is 0.728. The minimum atomic E-state index is -0.423. The van der Waals surface area contributed by atoms with Crippen molar-refractivity contribution in [3.8, 4) is 0 Å². The molecule has 0 radical (unpaired) electrons. The van der Waals surface area contributed by atoms with Gasteiger partial charge in [0.1, 0.15) is 0 Å². The second-order valence-corrected chi connectivity index (χ2v) is 7.53. The van der Waals surface area contributed by atoms with Gasteiger partial charge in [0.15, 0.2) is 0 Å². The van der Waals surface area contributed by atoms with Crippen LogP contribution in [0, 0.1) is 0 Å². The highest BCUT2D eigenvalue weighted by Crippen LogP contribution is 2.32. The van der Waals surface area contributed by atoms with E-state index in [1.54, 1.807) is 22.7 Å². The number of nitrogens with zero attached hydrogens (tertiary/aromatic N) is 1. The number of nitrogens with one attached hydrogen (secondary N) is 1. The van der Waals surface area contributed by atoms with Crippen molar-refractivity contribution >= 4 is 35.1 Å². The van der Waals surface area contributed by atoms with E-state index in [0.717, 1.165) is 23.4 Å². The molecule has 1 unspecified atom stereocenters. The number of piperidine rings is 1. The average molecular weight is 329 g/mol. The maximum absolute atomic E-state index is 12.3. The molecular weight excluding hydrogens is 308 g/mol. The molecule has 1 aliphatic heterocycles. The number of rotatable bonds is 3. The Kier molecular flexibility index (Phi) is 5.79. The van der Waals surface area contributed by atoms with Crippen molar-refractivity contribution in [3.05, 3.63) is 23.2 Å². The SMILES string of the molecule is CC(C)Sc1ccc(Cl)cc1NC(=O)N1CCCC(O)C1. The van der Waals surface area contributed by atoms with Gasteiger partial charge in [-0.25, -0.2) is 4.79 Å². The smallest absolute Gasteiger partial charge is 0.321 e. The number of aliphatic hydroxyl groups is 1. The van der Waals surface area contributed by atoms with Crippen molar-refractivity contribution in [3.63, 3.8) is 0 Å². The minimum absolute atomic E-state index is 0.179. The maximum atomic E-state index is 12.3. The minimum Gasteiger partial charge on any atom is -0.391 e. The number of amides is 2. The van der Waals surface area contributed by atoms with Crippen LogP contribution in [0.4, 0.5) is 10.5 Å². The molecule has 0 aliphatic carbocycles. The lowest BCUT2D eigenvalue weighted by Crippen LogP contribution is -2.44. The summed E-state index contributed by atoms with van der Waals surface area (Å²) in [7, 11) is 0. The second-order valence-electron chi connectivity index (χ2n) is 5.48. The van der Waals surface area contributed by atoms with Crippen LogP contribution in [0.25, 0.3) is 0 Å². The summed E-state index contributed by atoms with van der Waals surface area (Å²) in [4.78, 5) is 15.0. The quantitative estimate of drug-likeness (QED) is 0.829. The third-order valence-electron chi connectivity index (χ3n) is 3.23. The van der Waals surface area contributed by atoms with Crippen LogP contribution in [0.5, 0.6) is 0 Å². The molecule has 2 amide bonds. The monoisotopic (exact) mass is 328 g/mol. The molecule has 2 N–H and O–H groups in total. The molecular formula is C15H21ClN2O2S. The summed E-state index contributed by atoms with van der Waals surface area (Å²) in [5, 5.41) is 13.6. The summed E-state index contributed by atoms with van der Waals surface area (Å²) in [6, 6.07) is 5.34. The Morgan fingerprint density at radius 2 is 2.29 bits per heavy atom. The van der Waals surface area contributed by atoms with E-state index in [2.05, 4.69) is 19.2 Å². The molecule has 2 rings (SSSR count). The first kappa shape index (κ1) is 16.5. The number of carbonyl (C=O) groups excluding carboxylic acids is 1. The van der Waals surface area contributed by atoms with Crippen molar-refractivity contribution < 1.29 is 9.90 Å². The van der Waals surface area contributed by atoms with Crippen molar-refractivity contribution in [2.75, 3.05) is 18.4 Å². The highest BCUT2D eigenvalue weighted by Gasteiger charge is 2.22. The van der Waals surface area contributed by atoms with Crippen LogP contribution in [0.2, 0.25) is 5.02 Å². The highest BCUT2D eigenvalue weighted by molar-refractivity contribution is 8.00. The third-order valence-corrected chi connectivity index (χ3v) is 4.55. The van der Waals surface area contributed by atoms with Gasteiger partial charge in [-0.05, 0) is 31.0 Å². The van der Waals surface area contributed by atoms with Crippen LogP contribution in [-0.2, 0) is 0 Å². The second kappa shape index (κ2) is 7.38. The lowest BCUT2D eigenvalue weighted by atomic mass is 10.1. The summed E-state index contributed by atoms with van der Waals surface area (Å²) < 4.78 is 0. The molecule has 1 saturated heterocycles. The van der Waals surface area contributed by atoms with E-state index in [9.17, 15) is 9.90 Å². The van der Waals surface area contributed by atoms with Gasteiger partial charge in [-0.2, -0.15) is 0 Å². The number of anilines is 1. The molecule has 1 aromatic carbocycles. The van der Waals surface area contributed by atoms with E-state index in [1.165, 1.54) is 0 Å². The zero-order valence-corrected chi connectivity index (χ0v) is 13.9. The number of urea groups is 1. The summed E-state index contributed by atoms with van der Waals surface area (Å²) >= 11 is 7.71. The van der Waals surface area contributed by atoms with E-state index in [1.807, 2.05) is 12.1 Å². The molecule has 1 aliphatic rings. The zero-order chi connectivity index (χ0) is 15.4. The predicted molar refractivity (Wildman–Crippen MR) is 88.3 cm³/mol. The summed E-state index contributed by atoms with van der Waals surface area (Å²) in [6.07, 6.45) is 1.17. The Labute approximate surface area is 134 Å². The molecule has 1 aromatic rings. The largest absolute Gasteiger partial charge is 0.391 e. The lowest BCUT2D eigenvalue weighted by molar-refractivity contribution is 0.0883. The van der Waals surface area contributed by atoms with Crippen LogP contribution in [-0.4, -0.2) is 40.5 Å². The van der Waals surface area contributed by atoms with Gasteiger partial charge in [0.2, 0.25) is 0 Å². The van der Waals surface area contributed by atoms with E-state index in [-0.39, 0.29) is 6.03 Å². The van der Waals surface area contributed by atoms with Crippen molar-refractivity contribution in [2.24, 2.45) is 0 Å².